The van der Waals surface area contributed by atoms with Crippen LogP contribution in [0.4, 0.5) is 0 Å². The van der Waals surface area contributed by atoms with Gasteiger partial charge in [-0.15, -0.1) is 0 Å². The number of epoxide rings is 2. The second kappa shape index (κ2) is 7.43. The van der Waals surface area contributed by atoms with Gasteiger partial charge in [0.15, 0.2) is 0 Å². The van der Waals surface area contributed by atoms with E-state index in [2.05, 4.69) is 61.7 Å². The molecule has 0 radical (unpaired) electrons. The van der Waals surface area contributed by atoms with Crippen LogP contribution < -0.4 is 0 Å². The van der Waals surface area contributed by atoms with E-state index in [0.29, 0.717) is 0 Å². The Balaban J connectivity index is 1.63. The molecule has 0 N–H and O–H groups in total. The number of allylic oxidation sites excluding steroid dienone is 2. The third kappa shape index (κ3) is 4.22. The highest BCUT2D eigenvalue weighted by Gasteiger charge is 2.42. The Morgan fingerprint density at radius 2 is 1.26 bits per heavy atom. The zero-order chi connectivity index (χ0) is 19.0. The molecule has 0 amide bonds. The molecule has 27 heavy (non-hydrogen) atoms. The van der Waals surface area contributed by atoms with E-state index in [9.17, 15) is 0 Å². The number of benzene rings is 2. The van der Waals surface area contributed by atoms with Gasteiger partial charge in [-0.1, -0.05) is 60.7 Å². The smallest absolute Gasteiger partial charge is 0.112 e. The van der Waals surface area contributed by atoms with E-state index >= 15 is 0 Å². The van der Waals surface area contributed by atoms with Crippen molar-refractivity contribution in [3.63, 3.8) is 0 Å². The third-order valence-corrected chi connectivity index (χ3v) is 5.10. The summed E-state index contributed by atoms with van der Waals surface area (Å²) < 4.78 is 17.9. The van der Waals surface area contributed by atoms with Gasteiger partial charge in [-0.25, -0.2) is 0 Å². The summed E-state index contributed by atoms with van der Waals surface area (Å²) in [4.78, 5) is 0. The molecule has 0 saturated carbocycles. The van der Waals surface area contributed by atoms with Crippen LogP contribution in [0.3, 0.4) is 0 Å². The van der Waals surface area contributed by atoms with E-state index in [1.807, 2.05) is 13.8 Å². The molecule has 3 heteroatoms. The summed E-state index contributed by atoms with van der Waals surface area (Å²) in [5, 5.41) is 0. The molecule has 0 aromatic heterocycles. The molecule has 4 atom stereocenters. The van der Waals surface area contributed by atoms with E-state index < -0.39 is 0 Å². The van der Waals surface area contributed by atoms with Crippen molar-refractivity contribution in [2.75, 3.05) is 13.2 Å². The normalized spacial score (nSPS) is 22.7. The van der Waals surface area contributed by atoms with Crippen LogP contribution in [0.1, 0.15) is 48.3 Å². The minimum atomic E-state index is -0.119. The number of hydrogen-bond acceptors (Lipinski definition) is 3. The molecular weight excluding hydrogens is 336 g/mol. The van der Waals surface area contributed by atoms with Crippen LogP contribution in [0.25, 0.3) is 11.1 Å². The minimum absolute atomic E-state index is 0.0935. The molecule has 3 nitrogen and oxygen atoms in total. The Bertz CT molecular complexity index is 790. The van der Waals surface area contributed by atoms with Crippen molar-refractivity contribution in [2.45, 2.75) is 38.3 Å². The van der Waals surface area contributed by atoms with Gasteiger partial charge < -0.3 is 14.2 Å². The molecule has 0 aliphatic carbocycles. The maximum Gasteiger partial charge on any atom is 0.112 e. The topological polar surface area (TPSA) is 34.3 Å². The Morgan fingerprint density at radius 1 is 0.852 bits per heavy atom. The quantitative estimate of drug-likeness (QED) is 0.594. The Morgan fingerprint density at radius 3 is 1.59 bits per heavy atom. The fourth-order valence-electron chi connectivity index (χ4n) is 3.34. The van der Waals surface area contributed by atoms with Crippen LogP contribution in [0.2, 0.25) is 0 Å². The summed E-state index contributed by atoms with van der Waals surface area (Å²) in [5.41, 5.74) is 6.60. The third-order valence-electron chi connectivity index (χ3n) is 5.10. The fourth-order valence-corrected chi connectivity index (χ4v) is 3.34. The monoisotopic (exact) mass is 362 g/mol. The first-order chi connectivity index (χ1) is 13.0. The van der Waals surface area contributed by atoms with Crippen molar-refractivity contribution in [3.8, 4) is 0 Å². The van der Waals surface area contributed by atoms with Gasteiger partial charge >= 0.3 is 0 Å². The standard InChI is InChI=1S/C24H26O3/c1-15(2)17-7-5-9-19(11-17)23(21-13-25-21)27-24(22-14-26-22)20-10-6-8-18(12-20)16(3)4/h5-12,21-24H,1,3,13-14H2,2,4H3. The first kappa shape index (κ1) is 18.2. The van der Waals surface area contributed by atoms with Gasteiger partial charge in [-0.3, -0.25) is 0 Å². The van der Waals surface area contributed by atoms with Crippen LogP contribution in [0, 0.1) is 0 Å². The lowest BCUT2D eigenvalue weighted by atomic mass is 9.98. The molecule has 4 unspecified atom stereocenters. The average Bonchev–Trinajstić information content (AvgIpc) is 3.55. The summed E-state index contributed by atoms with van der Waals surface area (Å²) in [7, 11) is 0. The first-order valence-electron chi connectivity index (χ1n) is 9.43. The molecule has 2 aromatic carbocycles. The molecule has 0 bridgehead atoms. The first-order valence-corrected chi connectivity index (χ1v) is 9.43. The molecule has 2 aromatic rings. The summed E-state index contributed by atoms with van der Waals surface area (Å²) in [6.45, 7) is 13.6. The van der Waals surface area contributed by atoms with Crippen LogP contribution in [-0.4, -0.2) is 25.4 Å². The van der Waals surface area contributed by atoms with E-state index in [0.717, 1.165) is 46.6 Å². The largest absolute Gasteiger partial charge is 0.370 e. The van der Waals surface area contributed by atoms with Crippen molar-refractivity contribution in [1.29, 1.82) is 0 Å². The second-order valence-electron chi connectivity index (χ2n) is 7.53. The van der Waals surface area contributed by atoms with Gasteiger partial charge in [0.1, 0.15) is 24.4 Å². The highest BCUT2D eigenvalue weighted by molar-refractivity contribution is 5.62. The second-order valence-corrected chi connectivity index (χ2v) is 7.53. The van der Waals surface area contributed by atoms with Gasteiger partial charge in [0.2, 0.25) is 0 Å². The van der Waals surface area contributed by atoms with E-state index in [-0.39, 0.29) is 24.4 Å². The molecule has 140 valence electrons. The van der Waals surface area contributed by atoms with Crippen molar-refractivity contribution in [2.24, 2.45) is 0 Å². The summed E-state index contributed by atoms with van der Waals surface area (Å²) >= 11 is 0. The van der Waals surface area contributed by atoms with Crippen LogP contribution in [-0.2, 0) is 14.2 Å². The molecular formula is C24H26O3. The van der Waals surface area contributed by atoms with Crippen molar-refractivity contribution >= 4 is 11.1 Å². The highest BCUT2D eigenvalue weighted by atomic mass is 16.6. The molecule has 2 saturated heterocycles. The molecule has 2 heterocycles. The highest BCUT2D eigenvalue weighted by Crippen LogP contribution is 2.41. The van der Waals surface area contributed by atoms with Crippen LogP contribution in [0.15, 0.2) is 61.7 Å². The summed E-state index contributed by atoms with van der Waals surface area (Å²) in [5.74, 6) is 0. The Kier molecular flexibility index (Phi) is 5.00. The molecule has 2 aliphatic rings. The van der Waals surface area contributed by atoms with Gasteiger partial charge in [-0.2, -0.15) is 0 Å². The lowest BCUT2D eigenvalue weighted by Crippen LogP contribution is -2.19. The lowest BCUT2D eigenvalue weighted by Gasteiger charge is -2.24. The average molecular weight is 362 g/mol. The van der Waals surface area contributed by atoms with Crippen molar-refractivity contribution < 1.29 is 14.2 Å². The van der Waals surface area contributed by atoms with Crippen molar-refractivity contribution in [1.82, 2.24) is 0 Å². The molecule has 0 spiro atoms. The molecule has 2 aliphatic heterocycles. The SMILES string of the molecule is C=C(C)c1cccc(C(OC(c2cccc(C(=C)C)c2)C2CO2)C2CO2)c1. The number of rotatable bonds is 8. The van der Waals surface area contributed by atoms with Crippen LogP contribution >= 0.6 is 0 Å². The van der Waals surface area contributed by atoms with Gasteiger partial charge in [0, 0.05) is 0 Å². The maximum absolute atomic E-state index is 6.63. The zero-order valence-corrected chi connectivity index (χ0v) is 16.0. The lowest BCUT2D eigenvalue weighted by molar-refractivity contribution is -0.0419. The number of hydrogen-bond donors (Lipinski definition) is 0. The molecule has 2 fully saturated rings. The van der Waals surface area contributed by atoms with E-state index in [1.54, 1.807) is 0 Å². The van der Waals surface area contributed by atoms with Gasteiger partial charge in [-0.05, 0) is 48.2 Å². The Labute approximate surface area is 161 Å². The summed E-state index contributed by atoms with van der Waals surface area (Å²) in [6, 6.07) is 16.8. The van der Waals surface area contributed by atoms with Gasteiger partial charge in [0.05, 0.1) is 13.2 Å². The Hall–Kier alpha value is -2.20. The fraction of sp³-hybridized carbons (Fsp3) is 0.333. The minimum Gasteiger partial charge on any atom is -0.370 e. The van der Waals surface area contributed by atoms with Gasteiger partial charge in [0.25, 0.3) is 0 Å². The predicted molar refractivity (Wildman–Crippen MR) is 108 cm³/mol. The van der Waals surface area contributed by atoms with E-state index in [1.165, 1.54) is 0 Å². The van der Waals surface area contributed by atoms with E-state index in [4.69, 9.17) is 14.2 Å². The van der Waals surface area contributed by atoms with Crippen molar-refractivity contribution in [3.05, 3.63) is 83.9 Å². The zero-order valence-electron chi connectivity index (χ0n) is 16.0. The maximum atomic E-state index is 6.63. The van der Waals surface area contributed by atoms with Crippen LogP contribution in [0.5, 0.6) is 0 Å². The summed E-state index contributed by atoms with van der Waals surface area (Å²) in [6.07, 6.45) is -0.0501. The predicted octanol–water partition coefficient (Wildman–Crippen LogP) is 5.35. The number of ether oxygens (including phenoxy) is 3. The molecule has 4 rings (SSSR count).